The summed E-state index contributed by atoms with van der Waals surface area (Å²) in [6.45, 7) is 1.64. The Hall–Kier alpha value is -2.42. The van der Waals surface area contributed by atoms with Gasteiger partial charge in [-0.15, -0.1) is 10.2 Å². The molecule has 1 aliphatic rings. The minimum absolute atomic E-state index is 0.575. The van der Waals surface area contributed by atoms with E-state index in [1.165, 1.54) is 0 Å². The molecule has 0 atom stereocenters. The standard InChI is InChI=1S/C13H14N6/c1-18(11-4-5-15-8-10(11)7-14)9-13-17-16-12-3-2-6-19(12)13/h4-5,8H,2-3,6,9H2,1H3. The van der Waals surface area contributed by atoms with Crippen molar-refractivity contribution in [3.63, 3.8) is 0 Å². The van der Waals surface area contributed by atoms with Gasteiger partial charge >= 0.3 is 0 Å². The number of hydrogen-bond donors (Lipinski definition) is 0. The maximum Gasteiger partial charge on any atom is 0.152 e. The lowest BCUT2D eigenvalue weighted by atomic mass is 10.2. The van der Waals surface area contributed by atoms with Gasteiger partial charge in [-0.05, 0) is 12.5 Å². The second-order valence-electron chi connectivity index (χ2n) is 4.65. The van der Waals surface area contributed by atoms with E-state index in [9.17, 15) is 0 Å². The van der Waals surface area contributed by atoms with Crippen molar-refractivity contribution in [3.8, 4) is 6.07 Å². The van der Waals surface area contributed by atoms with Gasteiger partial charge in [-0.25, -0.2) is 0 Å². The summed E-state index contributed by atoms with van der Waals surface area (Å²) in [5.74, 6) is 2.02. The molecule has 0 saturated carbocycles. The third-order valence-electron chi connectivity index (χ3n) is 3.39. The molecule has 0 aliphatic carbocycles. The number of rotatable bonds is 3. The number of anilines is 1. The van der Waals surface area contributed by atoms with Crippen LogP contribution < -0.4 is 4.90 Å². The van der Waals surface area contributed by atoms with Crippen LogP contribution in [0.1, 0.15) is 23.6 Å². The summed E-state index contributed by atoms with van der Waals surface area (Å²) in [5, 5.41) is 17.5. The van der Waals surface area contributed by atoms with Crippen molar-refractivity contribution < 1.29 is 0 Å². The normalized spacial score (nSPS) is 13.1. The lowest BCUT2D eigenvalue weighted by Gasteiger charge is -2.19. The summed E-state index contributed by atoms with van der Waals surface area (Å²) >= 11 is 0. The predicted octanol–water partition coefficient (Wildman–Crippen LogP) is 1.13. The average molecular weight is 254 g/mol. The Morgan fingerprint density at radius 2 is 2.37 bits per heavy atom. The van der Waals surface area contributed by atoms with E-state index in [1.54, 1.807) is 12.4 Å². The lowest BCUT2D eigenvalue weighted by molar-refractivity contribution is 0.676. The second-order valence-corrected chi connectivity index (χ2v) is 4.65. The molecule has 0 N–H and O–H groups in total. The molecule has 0 bridgehead atoms. The Bertz CT molecular complexity index is 639. The van der Waals surface area contributed by atoms with Gasteiger partial charge in [-0.2, -0.15) is 5.26 Å². The van der Waals surface area contributed by atoms with E-state index >= 15 is 0 Å². The minimum atomic E-state index is 0.575. The van der Waals surface area contributed by atoms with Crippen molar-refractivity contribution in [1.29, 1.82) is 5.26 Å². The highest BCUT2D eigenvalue weighted by molar-refractivity contribution is 5.57. The van der Waals surface area contributed by atoms with Crippen LogP contribution in [0.4, 0.5) is 5.69 Å². The molecule has 6 heteroatoms. The van der Waals surface area contributed by atoms with Gasteiger partial charge < -0.3 is 9.47 Å². The first-order valence-corrected chi connectivity index (χ1v) is 6.26. The number of aryl methyl sites for hydroxylation is 1. The van der Waals surface area contributed by atoms with E-state index in [1.807, 2.05) is 18.0 Å². The van der Waals surface area contributed by atoms with Crippen LogP contribution in [0.25, 0.3) is 0 Å². The first kappa shape index (κ1) is 11.7. The maximum atomic E-state index is 9.10. The molecule has 3 rings (SSSR count). The molecule has 0 radical (unpaired) electrons. The average Bonchev–Trinajstić information content (AvgIpc) is 3.03. The van der Waals surface area contributed by atoms with Gasteiger partial charge in [-0.1, -0.05) is 0 Å². The summed E-state index contributed by atoms with van der Waals surface area (Å²) in [6.07, 6.45) is 5.43. The Morgan fingerprint density at radius 1 is 1.47 bits per heavy atom. The predicted molar refractivity (Wildman–Crippen MR) is 69.4 cm³/mol. The van der Waals surface area contributed by atoms with Crippen LogP contribution in [0.3, 0.4) is 0 Å². The summed E-state index contributed by atoms with van der Waals surface area (Å²) in [4.78, 5) is 5.98. The van der Waals surface area contributed by atoms with E-state index in [0.29, 0.717) is 12.1 Å². The first-order valence-electron chi connectivity index (χ1n) is 6.26. The zero-order chi connectivity index (χ0) is 13.2. The van der Waals surface area contributed by atoms with Crippen LogP contribution in [-0.4, -0.2) is 26.8 Å². The van der Waals surface area contributed by atoms with E-state index in [2.05, 4.69) is 25.8 Å². The van der Waals surface area contributed by atoms with Gasteiger partial charge in [0.1, 0.15) is 11.9 Å². The van der Waals surface area contributed by atoms with Crippen molar-refractivity contribution in [3.05, 3.63) is 35.7 Å². The van der Waals surface area contributed by atoms with Crippen molar-refractivity contribution in [2.45, 2.75) is 25.9 Å². The quantitative estimate of drug-likeness (QED) is 0.821. The zero-order valence-electron chi connectivity index (χ0n) is 10.7. The van der Waals surface area contributed by atoms with Crippen LogP contribution in [-0.2, 0) is 19.5 Å². The molecule has 2 aromatic rings. The molecule has 96 valence electrons. The van der Waals surface area contributed by atoms with Gasteiger partial charge in [0.15, 0.2) is 5.82 Å². The number of fused-ring (bicyclic) bond motifs is 1. The molecule has 0 saturated heterocycles. The second kappa shape index (κ2) is 4.69. The van der Waals surface area contributed by atoms with Crippen LogP contribution in [0.5, 0.6) is 0 Å². The van der Waals surface area contributed by atoms with Crippen LogP contribution in [0.2, 0.25) is 0 Å². The molecule has 19 heavy (non-hydrogen) atoms. The molecule has 0 unspecified atom stereocenters. The van der Waals surface area contributed by atoms with Gasteiger partial charge in [0.2, 0.25) is 0 Å². The summed E-state index contributed by atoms with van der Waals surface area (Å²) in [6, 6.07) is 4.01. The Morgan fingerprint density at radius 3 is 3.21 bits per heavy atom. The van der Waals surface area contributed by atoms with Crippen molar-refractivity contribution in [2.24, 2.45) is 0 Å². The number of aromatic nitrogens is 4. The molecule has 0 spiro atoms. The lowest BCUT2D eigenvalue weighted by Crippen LogP contribution is -2.20. The highest BCUT2D eigenvalue weighted by Gasteiger charge is 2.18. The van der Waals surface area contributed by atoms with Crippen molar-refractivity contribution in [2.75, 3.05) is 11.9 Å². The fraction of sp³-hybridized carbons (Fsp3) is 0.385. The maximum absolute atomic E-state index is 9.10. The molecular weight excluding hydrogens is 240 g/mol. The number of hydrogen-bond acceptors (Lipinski definition) is 5. The van der Waals surface area contributed by atoms with Crippen molar-refractivity contribution in [1.82, 2.24) is 19.7 Å². The van der Waals surface area contributed by atoms with Gasteiger partial charge in [0.25, 0.3) is 0 Å². The number of nitrogens with zero attached hydrogens (tertiary/aromatic N) is 6. The summed E-state index contributed by atoms with van der Waals surface area (Å²) in [7, 11) is 1.95. The molecule has 2 aromatic heterocycles. The SMILES string of the molecule is CN(Cc1nnc2n1CCC2)c1ccncc1C#N. The van der Waals surface area contributed by atoms with E-state index in [0.717, 1.165) is 36.7 Å². The number of nitriles is 1. The molecule has 0 fully saturated rings. The largest absolute Gasteiger partial charge is 0.366 e. The third kappa shape index (κ3) is 2.03. The first-order chi connectivity index (χ1) is 9.29. The fourth-order valence-electron chi connectivity index (χ4n) is 2.43. The molecule has 0 aromatic carbocycles. The molecule has 0 amide bonds. The molecule has 3 heterocycles. The topological polar surface area (TPSA) is 70.6 Å². The van der Waals surface area contributed by atoms with E-state index < -0.39 is 0 Å². The van der Waals surface area contributed by atoms with Crippen molar-refractivity contribution >= 4 is 5.69 Å². The molecule has 1 aliphatic heterocycles. The Kier molecular flexibility index (Phi) is 2.88. The molecular formula is C13H14N6. The summed E-state index contributed by atoms with van der Waals surface area (Å²) < 4.78 is 2.17. The monoisotopic (exact) mass is 254 g/mol. The zero-order valence-corrected chi connectivity index (χ0v) is 10.7. The van der Waals surface area contributed by atoms with E-state index in [-0.39, 0.29) is 0 Å². The highest BCUT2D eigenvalue weighted by Crippen LogP contribution is 2.20. The van der Waals surface area contributed by atoms with Crippen LogP contribution in [0.15, 0.2) is 18.5 Å². The molecule has 6 nitrogen and oxygen atoms in total. The van der Waals surface area contributed by atoms with E-state index in [4.69, 9.17) is 5.26 Å². The Labute approximate surface area is 111 Å². The Balaban J connectivity index is 1.85. The minimum Gasteiger partial charge on any atom is -0.366 e. The van der Waals surface area contributed by atoms with Gasteiger partial charge in [0.05, 0.1) is 17.8 Å². The highest BCUT2D eigenvalue weighted by atomic mass is 15.3. The summed E-state index contributed by atoms with van der Waals surface area (Å²) in [5.41, 5.74) is 1.44. The smallest absolute Gasteiger partial charge is 0.152 e. The third-order valence-corrected chi connectivity index (χ3v) is 3.39. The number of pyridine rings is 1. The fourth-order valence-corrected chi connectivity index (χ4v) is 2.43. The van der Waals surface area contributed by atoms with Crippen LogP contribution >= 0.6 is 0 Å². The van der Waals surface area contributed by atoms with Crippen LogP contribution in [0, 0.1) is 11.3 Å². The van der Waals surface area contributed by atoms with Gasteiger partial charge in [0, 0.05) is 32.4 Å². The van der Waals surface area contributed by atoms with Gasteiger partial charge in [-0.3, -0.25) is 4.98 Å².